The number of hydrogen-bond acceptors (Lipinski definition) is 5. The predicted octanol–water partition coefficient (Wildman–Crippen LogP) is 4.05. The number of nitrogens with zero attached hydrogens (tertiary/aromatic N) is 2. The van der Waals surface area contributed by atoms with E-state index in [1.54, 1.807) is 6.92 Å². The summed E-state index contributed by atoms with van der Waals surface area (Å²) in [5.41, 5.74) is 5.18. The molecule has 1 saturated carbocycles. The van der Waals surface area contributed by atoms with Crippen LogP contribution >= 0.6 is 0 Å². The Morgan fingerprint density at radius 3 is 2.32 bits per heavy atom. The van der Waals surface area contributed by atoms with Crippen molar-refractivity contribution in [3.8, 4) is 5.69 Å². The number of primary amides is 1. The molecule has 0 aliphatic heterocycles. The van der Waals surface area contributed by atoms with Gasteiger partial charge in [-0.15, -0.1) is 0 Å². The lowest BCUT2D eigenvalue weighted by Gasteiger charge is -2.26. The Hall–Kier alpha value is -3.09. The molecule has 0 atom stereocenters. The topological polar surface area (TPSA) is 124 Å². The number of nitrogens with one attached hydrogen (secondary N) is 1. The number of rotatable bonds is 8. The summed E-state index contributed by atoms with van der Waals surface area (Å²) in [6, 6.07) is 3.63. The largest absolute Gasteiger partial charge is 0.389 e. The molecule has 3 N–H and O–H groups in total. The summed E-state index contributed by atoms with van der Waals surface area (Å²) in [6.07, 6.45) is -1.33. The van der Waals surface area contributed by atoms with E-state index in [1.807, 2.05) is 0 Å². The first-order valence-corrected chi connectivity index (χ1v) is 12.5. The molecular weight excluding hydrogens is 516 g/mol. The summed E-state index contributed by atoms with van der Waals surface area (Å²) in [7, 11) is 0. The lowest BCUT2D eigenvalue weighted by atomic mass is 9.83. The van der Waals surface area contributed by atoms with E-state index in [-0.39, 0.29) is 41.3 Å². The third-order valence-electron chi connectivity index (χ3n) is 6.35. The maximum atomic E-state index is 15.0. The fraction of sp³-hybridized carbons (Fsp3) is 0.542. The second-order valence-corrected chi connectivity index (χ2v) is 9.22. The van der Waals surface area contributed by atoms with E-state index in [4.69, 9.17) is 14.2 Å². The zero-order valence-electron chi connectivity index (χ0n) is 20.6. The average molecular weight is 547 g/mol. The second-order valence-electron chi connectivity index (χ2n) is 9.08. The van der Waals surface area contributed by atoms with Crippen LogP contribution in [0.2, 0.25) is 0 Å². The van der Waals surface area contributed by atoms with Crippen molar-refractivity contribution in [2.75, 3.05) is 6.54 Å². The fourth-order valence-corrected chi connectivity index (χ4v) is 4.38. The van der Waals surface area contributed by atoms with Gasteiger partial charge in [-0.25, -0.2) is 9.37 Å². The number of halogens is 4. The Labute approximate surface area is 215 Å². The Morgan fingerprint density at radius 2 is 1.81 bits per heavy atom. The van der Waals surface area contributed by atoms with E-state index >= 15 is 0 Å². The molecule has 13 heteroatoms. The van der Waals surface area contributed by atoms with Gasteiger partial charge >= 0.3 is 17.7 Å². The monoisotopic (exact) mass is 546 g/mol. The van der Waals surface area contributed by atoms with Gasteiger partial charge in [0.15, 0.2) is 5.69 Å². The highest BCUT2D eigenvalue weighted by Crippen LogP contribution is 2.28. The maximum absolute atomic E-state index is 15.0. The normalized spacial score (nSPS) is 17.5. The highest BCUT2D eigenvalue weighted by Gasteiger charge is 2.29. The van der Waals surface area contributed by atoms with Crippen molar-refractivity contribution in [1.29, 1.82) is 0 Å². The van der Waals surface area contributed by atoms with Crippen LogP contribution in [-0.4, -0.2) is 42.5 Å². The lowest BCUT2D eigenvalue weighted by molar-refractivity contribution is -0.134. The molecule has 0 radical (unpaired) electrons. The number of hydrogen-bond donors (Lipinski definition) is 2. The highest BCUT2D eigenvalue weighted by molar-refractivity contribution is 7.51. The van der Waals surface area contributed by atoms with Gasteiger partial charge in [0.25, 0.3) is 11.8 Å². The molecule has 204 valence electrons. The van der Waals surface area contributed by atoms with E-state index in [0.717, 1.165) is 31.7 Å². The molecule has 1 aliphatic carbocycles. The number of carbonyl (C=O) groups is 2. The molecule has 0 bridgehead atoms. The van der Waals surface area contributed by atoms with Crippen molar-refractivity contribution in [1.82, 2.24) is 14.9 Å². The number of benzene rings is 1. The van der Waals surface area contributed by atoms with E-state index in [2.05, 4.69) is 17.2 Å². The summed E-state index contributed by atoms with van der Waals surface area (Å²) in [5, 5.41) is 2.83. The Kier molecular flexibility index (Phi) is 11.0. The number of alkyl halides is 3. The van der Waals surface area contributed by atoms with Crippen molar-refractivity contribution < 1.29 is 35.6 Å². The van der Waals surface area contributed by atoms with Gasteiger partial charge in [-0.2, -0.15) is 21.6 Å². The summed E-state index contributed by atoms with van der Waals surface area (Å²) in [5.74, 6) is -1.10. The Balaban J connectivity index is 0.00000153. The molecule has 1 heterocycles. The van der Waals surface area contributed by atoms with E-state index in [1.165, 1.54) is 16.7 Å². The number of amides is 2. The highest BCUT2D eigenvalue weighted by atomic mass is 32.1. The Bertz CT molecular complexity index is 1140. The number of carbonyl (C=O) groups excluding carboxylic acids is 2. The SMILES string of the molecule is CCc1nc(C(=O)NCC2CCC(C)CC2)c(C(N)=O)n1-c1ccc(CCC(F)(F)F)cc1F.O=S=O. The molecule has 37 heavy (non-hydrogen) atoms. The van der Waals surface area contributed by atoms with Crippen LogP contribution in [0.4, 0.5) is 17.6 Å². The first-order chi connectivity index (χ1) is 17.4. The first kappa shape index (κ1) is 30.1. The lowest BCUT2D eigenvalue weighted by Crippen LogP contribution is -2.33. The van der Waals surface area contributed by atoms with E-state index in [9.17, 15) is 27.2 Å². The van der Waals surface area contributed by atoms with Crippen LogP contribution in [0.25, 0.3) is 5.69 Å². The summed E-state index contributed by atoms with van der Waals surface area (Å²) in [4.78, 5) is 29.5. The molecule has 1 aromatic heterocycles. The molecule has 0 saturated heterocycles. The third-order valence-corrected chi connectivity index (χ3v) is 6.35. The quantitative estimate of drug-likeness (QED) is 0.484. The van der Waals surface area contributed by atoms with Crippen LogP contribution in [0.5, 0.6) is 0 Å². The van der Waals surface area contributed by atoms with Crippen molar-refractivity contribution in [3.05, 3.63) is 46.8 Å². The molecule has 0 spiro atoms. The van der Waals surface area contributed by atoms with Gasteiger partial charge in [-0.3, -0.25) is 14.2 Å². The van der Waals surface area contributed by atoms with Crippen LogP contribution in [0.1, 0.15) is 78.3 Å². The zero-order chi connectivity index (χ0) is 27.8. The van der Waals surface area contributed by atoms with Gasteiger partial charge in [-0.05, 0) is 48.8 Å². The number of imidazole rings is 1. The zero-order valence-corrected chi connectivity index (χ0v) is 21.4. The van der Waals surface area contributed by atoms with Gasteiger partial charge in [0.05, 0.1) is 5.69 Å². The Morgan fingerprint density at radius 1 is 1.19 bits per heavy atom. The molecule has 2 aromatic rings. The molecule has 0 unspecified atom stereocenters. The number of aromatic nitrogens is 2. The molecule has 3 rings (SSSR count). The van der Waals surface area contributed by atoms with Crippen LogP contribution in [0, 0.1) is 17.7 Å². The van der Waals surface area contributed by atoms with Crippen molar-refractivity contribution in [2.45, 2.75) is 65.0 Å². The van der Waals surface area contributed by atoms with Crippen LogP contribution in [0.15, 0.2) is 18.2 Å². The van der Waals surface area contributed by atoms with Crippen LogP contribution in [-0.2, 0) is 24.4 Å². The fourth-order valence-electron chi connectivity index (χ4n) is 4.38. The summed E-state index contributed by atoms with van der Waals surface area (Å²) in [6.45, 7) is 4.37. The minimum absolute atomic E-state index is 0.103. The summed E-state index contributed by atoms with van der Waals surface area (Å²) < 4.78 is 70.3. The summed E-state index contributed by atoms with van der Waals surface area (Å²) >= 11 is -0.750. The molecular formula is C24H30F4N4O4S. The predicted molar refractivity (Wildman–Crippen MR) is 128 cm³/mol. The standard InChI is InChI=1S/C24H30F4N4O2.O2S/c1-3-19-31-20(23(34)30-13-16-6-4-14(2)5-7-16)21(22(29)33)32(19)18-9-8-15(12-17(18)25)10-11-24(26,27)28;1-3-2/h8-9,12,14,16H,3-7,10-11,13H2,1-2H3,(H2,29,33)(H,30,34);. The third kappa shape index (κ3) is 8.48. The minimum Gasteiger partial charge on any atom is -0.364 e. The molecule has 1 aromatic carbocycles. The van der Waals surface area contributed by atoms with E-state index < -0.39 is 41.8 Å². The number of nitrogens with two attached hydrogens (primary N) is 1. The first-order valence-electron chi connectivity index (χ1n) is 11.9. The average Bonchev–Trinajstić information content (AvgIpc) is 3.22. The molecule has 1 aliphatic rings. The van der Waals surface area contributed by atoms with Crippen LogP contribution in [0.3, 0.4) is 0 Å². The van der Waals surface area contributed by atoms with Gasteiger partial charge in [0, 0.05) is 19.4 Å². The van der Waals surface area contributed by atoms with Gasteiger partial charge in [-0.1, -0.05) is 32.8 Å². The van der Waals surface area contributed by atoms with E-state index in [0.29, 0.717) is 18.4 Å². The second kappa shape index (κ2) is 13.5. The van der Waals surface area contributed by atoms with Gasteiger partial charge < -0.3 is 11.1 Å². The van der Waals surface area contributed by atoms with Gasteiger partial charge in [0.2, 0.25) is 0 Å². The van der Waals surface area contributed by atoms with Crippen molar-refractivity contribution >= 4 is 23.4 Å². The van der Waals surface area contributed by atoms with Crippen molar-refractivity contribution in [2.24, 2.45) is 17.6 Å². The van der Waals surface area contributed by atoms with Crippen molar-refractivity contribution in [3.63, 3.8) is 0 Å². The number of aryl methyl sites for hydroxylation is 2. The smallest absolute Gasteiger partial charge is 0.364 e. The molecule has 1 fully saturated rings. The van der Waals surface area contributed by atoms with Gasteiger partial charge in [0.1, 0.15) is 17.3 Å². The van der Waals surface area contributed by atoms with Crippen LogP contribution < -0.4 is 11.1 Å². The molecule has 8 nitrogen and oxygen atoms in total. The minimum atomic E-state index is -4.36. The maximum Gasteiger partial charge on any atom is 0.389 e. The molecule has 2 amide bonds.